The highest BCUT2D eigenvalue weighted by molar-refractivity contribution is 6.32. The molecule has 1 N–H and O–H groups in total. The Kier molecular flexibility index (Phi) is 5.07. The minimum absolute atomic E-state index is 0.131. The first-order valence-corrected chi connectivity index (χ1v) is 8.84. The minimum Gasteiger partial charge on any atom is -0.471 e. The number of halogens is 2. The van der Waals surface area contributed by atoms with Crippen molar-refractivity contribution in [2.45, 2.75) is 6.10 Å². The molecule has 27 heavy (non-hydrogen) atoms. The Labute approximate surface area is 160 Å². The zero-order chi connectivity index (χ0) is 18.8. The van der Waals surface area contributed by atoms with E-state index >= 15 is 0 Å². The quantitative estimate of drug-likeness (QED) is 0.808. The third-order valence-electron chi connectivity index (χ3n) is 4.63. The smallest absolute Gasteiger partial charge is 0.263 e. The van der Waals surface area contributed by atoms with Gasteiger partial charge in [-0.1, -0.05) is 17.7 Å². The maximum atomic E-state index is 14.9. The van der Waals surface area contributed by atoms with Crippen molar-refractivity contribution in [3.63, 3.8) is 0 Å². The summed E-state index contributed by atoms with van der Waals surface area (Å²) in [6.07, 6.45) is 1.00. The lowest BCUT2D eigenvalue weighted by molar-refractivity contribution is -0.0846. The highest BCUT2D eigenvalue weighted by Crippen LogP contribution is 2.35. The van der Waals surface area contributed by atoms with Gasteiger partial charge in [-0.05, 0) is 12.1 Å². The van der Waals surface area contributed by atoms with Crippen LogP contribution in [0.25, 0.3) is 4.85 Å². The van der Waals surface area contributed by atoms with E-state index in [1.807, 2.05) is 0 Å². The number of fused-ring (bicyclic) bond motifs is 2. The van der Waals surface area contributed by atoms with Gasteiger partial charge < -0.3 is 19.5 Å². The lowest BCUT2D eigenvalue weighted by Gasteiger charge is -2.41. The largest absolute Gasteiger partial charge is 0.471 e. The van der Waals surface area contributed by atoms with Crippen LogP contribution in [0.15, 0.2) is 24.5 Å². The maximum absolute atomic E-state index is 14.9. The summed E-state index contributed by atoms with van der Waals surface area (Å²) < 4.78 is 31.8. The van der Waals surface area contributed by atoms with E-state index in [0.717, 1.165) is 13.1 Å². The van der Waals surface area contributed by atoms with E-state index in [9.17, 15) is 4.39 Å². The minimum atomic E-state index is -0.791. The average Bonchev–Trinajstić information content (AvgIpc) is 2.66. The molecule has 4 rings (SSSR count). The molecule has 1 aromatic carbocycles. The Morgan fingerprint density at radius 1 is 1.22 bits per heavy atom. The molecule has 0 saturated carbocycles. The summed E-state index contributed by atoms with van der Waals surface area (Å²) >= 11 is 6.08. The van der Waals surface area contributed by atoms with Crippen LogP contribution in [-0.4, -0.2) is 42.4 Å². The highest BCUT2D eigenvalue weighted by Gasteiger charge is 2.39. The second-order valence-electron chi connectivity index (χ2n) is 6.42. The molecule has 2 aromatic rings. The topological polar surface area (TPSA) is 69.9 Å². The van der Waals surface area contributed by atoms with Crippen LogP contribution in [0.2, 0.25) is 5.02 Å². The molecule has 3 heterocycles. The van der Waals surface area contributed by atoms with E-state index in [1.165, 1.54) is 24.5 Å². The van der Waals surface area contributed by atoms with Crippen LogP contribution in [0, 0.1) is 24.2 Å². The molecule has 2 atom stereocenters. The van der Waals surface area contributed by atoms with Crippen LogP contribution in [0.1, 0.15) is 0 Å². The molecule has 0 aliphatic carbocycles. The normalized spacial score (nSPS) is 24.1. The molecule has 1 aromatic heterocycles. The number of hydrogen-bond donors (Lipinski definition) is 1. The number of nitrogens with zero attached hydrogens (tertiary/aromatic N) is 3. The Hall–Kier alpha value is -2.47. The number of ether oxygens (including phenoxy) is 3. The van der Waals surface area contributed by atoms with E-state index in [2.05, 4.69) is 20.1 Å². The van der Waals surface area contributed by atoms with Crippen LogP contribution >= 0.6 is 11.6 Å². The van der Waals surface area contributed by atoms with Crippen molar-refractivity contribution in [2.75, 3.05) is 26.3 Å². The van der Waals surface area contributed by atoms with Crippen LogP contribution in [0.3, 0.4) is 0 Å². The van der Waals surface area contributed by atoms with Gasteiger partial charge in [-0.25, -0.2) is 4.85 Å². The van der Waals surface area contributed by atoms with Crippen molar-refractivity contribution >= 4 is 17.3 Å². The van der Waals surface area contributed by atoms with Gasteiger partial charge in [0, 0.05) is 24.9 Å². The Morgan fingerprint density at radius 2 is 1.96 bits per heavy atom. The SMILES string of the molecule is [C-]#[N+]c1ccc(Oc2ncnc(OC3C4CNCC3COC4)c2F)c(Cl)c1. The molecular weight excluding hydrogens is 375 g/mol. The van der Waals surface area contributed by atoms with E-state index in [-0.39, 0.29) is 40.5 Å². The molecular formula is C18H16ClFN4O3. The van der Waals surface area contributed by atoms with Gasteiger partial charge in [-0.2, -0.15) is 14.4 Å². The Morgan fingerprint density at radius 3 is 2.67 bits per heavy atom. The Balaban J connectivity index is 1.55. The standard InChI is InChI=1S/C18H16ClFN4O3/c1-21-12-2-3-14(13(19)4-12)26-17-15(20)18(24-9-23-17)27-16-10-5-22-6-11(16)8-25-7-10/h2-4,9-11,16,22H,5-8H2. The molecule has 0 amide bonds. The first-order valence-electron chi connectivity index (χ1n) is 8.46. The van der Waals surface area contributed by atoms with Gasteiger partial charge >= 0.3 is 0 Å². The van der Waals surface area contributed by atoms with Crippen LogP contribution in [0.4, 0.5) is 10.1 Å². The predicted molar refractivity (Wildman–Crippen MR) is 94.9 cm³/mol. The Bertz CT molecular complexity index is 869. The van der Waals surface area contributed by atoms with Crippen LogP contribution in [0.5, 0.6) is 17.5 Å². The molecule has 2 aliphatic rings. The van der Waals surface area contributed by atoms with Crippen molar-refractivity contribution in [3.05, 3.63) is 46.8 Å². The van der Waals surface area contributed by atoms with Crippen LogP contribution in [-0.2, 0) is 4.74 Å². The monoisotopic (exact) mass is 390 g/mol. The summed E-state index contributed by atoms with van der Waals surface area (Å²) in [4.78, 5) is 11.0. The van der Waals surface area contributed by atoms with E-state index in [4.69, 9.17) is 32.4 Å². The maximum Gasteiger partial charge on any atom is 0.263 e. The highest BCUT2D eigenvalue weighted by atomic mass is 35.5. The van der Waals surface area contributed by atoms with Crippen molar-refractivity contribution in [1.29, 1.82) is 0 Å². The molecule has 2 fully saturated rings. The summed E-state index contributed by atoms with van der Waals surface area (Å²) in [6, 6.07) is 4.46. The zero-order valence-corrected chi connectivity index (χ0v) is 14.9. The van der Waals surface area contributed by atoms with Gasteiger partial charge in [0.05, 0.1) is 24.8 Å². The van der Waals surface area contributed by atoms with Crippen LogP contribution < -0.4 is 14.8 Å². The lowest BCUT2D eigenvalue weighted by Crippen LogP contribution is -2.56. The number of piperidine rings is 1. The van der Waals surface area contributed by atoms with Gasteiger partial charge in [-0.15, -0.1) is 0 Å². The summed E-state index contributed by atoms with van der Waals surface area (Å²) in [6.45, 7) is 9.61. The number of benzene rings is 1. The number of hydrogen-bond acceptors (Lipinski definition) is 6. The van der Waals surface area contributed by atoms with E-state index in [1.54, 1.807) is 0 Å². The van der Waals surface area contributed by atoms with E-state index in [0.29, 0.717) is 18.9 Å². The number of nitrogens with one attached hydrogen (secondary N) is 1. The fourth-order valence-electron chi connectivity index (χ4n) is 3.31. The third kappa shape index (κ3) is 3.67. The molecule has 0 spiro atoms. The molecule has 2 bridgehead atoms. The number of rotatable bonds is 4. The van der Waals surface area contributed by atoms with Gasteiger partial charge in [0.15, 0.2) is 5.69 Å². The molecule has 140 valence electrons. The van der Waals surface area contributed by atoms with E-state index < -0.39 is 5.82 Å². The van der Waals surface area contributed by atoms with Crippen molar-refractivity contribution in [2.24, 2.45) is 11.8 Å². The second-order valence-corrected chi connectivity index (χ2v) is 6.83. The van der Waals surface area contributed by atoms with Gasteiger partial charge in [0.25, 0.3) is 11.8 Å². The fraction of sp³-hybridized carbons (Fsp3) is 0.389. The van der Waals surface area contributed by atoms with Gasteiger partial charge in [-0.3, -0.25) is 0 Å². The summed E-state index contributed by atoms with van der Waals surface area (Å²) in [5, 5.41) is 3.52. The van der Waals surface area contributed by atoms with Gasteiger partial charge in [0.1, 0.15) is 18.2 Å². The molecule has 7 nitrogen and oxygen atoms in total. The van der Waals surface area contributed by atoms with Crippen molar-refractivity contribution in [3.8, 4) is 17.5 Å². The fourth-order valence-corrected chi connectivity index (χ4v) is 3.52. The summed E-state index contributed by atoms with van der Waals surface area (Å²) in [5.74, 6) is -0.774. The molecule has 2 aliphatic heterocycles. The average molecular weight is 391 g/mol. The molecule has 0 radical (unpaired) electrons. The van der Waals surface area contributed by atoms with Gasteiger partial charge in [0.2, 0.25) is 5.82 Å². The van der Waals surface area contributed by atoms with Crippen molar-refractivity contribution in [1.82, 2.24) is 15.3 Å². The van der Waals surface area contributed by atoms with Crippen molar-refractivity contribution < 1.29 is 18.6 Å². The molecule has 2 unspecified atom stereocenters. The lowest BCUT2D eigenvalue weighted by atomic mass is 9.86. The number of aromatic nitrogens is 2. The molecule has 9 heteroatoms. The first-order chi connectivity index (χ1) is 13.2. The third-order valence-corrected chi connectivity index (χ3v) is 4.93. The second kappa shape index (κ2) is 7.64. The predicted octanol–water partition coefficient (Wildman–Crippen LogP) is 3.23. The summed E-state index contributed by atoms with van der Waals surface area (Å²) in [7, 11) is 0. The zero-order valence-electron chi connectivity index (χ0n) is 14.2. The summed E-state index contributed by atoms with van der Waals surface area (Å²) in [5.41, 5.74) is 0.360. The molecule has 2 saturated heterocycles. The first kappa shape index (κ1) is 17.9.